The maximum absolute atomic E-state index is 7.26. The SMILES string of the molecule is CC(C)(C)c1ccc(N2B3c4oc5ccc(C(C)(C)C)cc5c4-n4c5cc6sc7ccccc7c6cc5c5ccc(c3c54)-c3c2ccc2ccccc32)cc1. The summed E-state index contributed by atoms with van der Waals surface area (Å²) in [5, 5.41) is 8.90. The van der Waals surface area contributed by atoms with Crippen LogP contribution in [0.5, 0.6) is 0 Å². The molecule has 2 aliphatic heterocycles. The Hall–Kier alpha value is -5.78. The Kier molecular flexibility index (Phi) is 6.02. The van der Waals surface area contributed by atoms with Gasteiger partial charge in [-0.2, -0.15) is 0 Å². The van der Waals surface area contributed by atoms with Crippen LogP contribution < -0.4 is 15.9 Å². The summed E-state index contributed by atoms with van der Waals surface area (Å²) in [6.45, 7) is 13.6. The molecule has 12 rings (SSSR count). The summed E-state index contributed by atoms with van der Waals surface area (Å²) in [5.74, 6) is 0. The van der Waals surface area contributed by atoms with Crippen LogP contribution in [0.1, 0.15) is 52.7 Å². The first-order valence-corrected chi connectivity index (χ1v) is 20.3. The molecular formula is C50H39BN2OS. The normalized spacial score (nSPS) is 13.9. The minimum atomic E-state index is -0.174. The smallest absolute Gasteiger partial charge is 0.375 e. The van der Waals surface area contributed by atoms with Gasteiger partial charge in [-0.15, -0.1) is 11.3 Å². The van der Waals surface area contributed by atoms with Gasteiger partial charge >= 0.3 is 6.85 Å². The minimum absolute atomic E-state index is 0.0128. The number of thiophene rings is 1. The zero-order valence-electron chi connectivity index (χ0n) is 31.9. The summed E-state index contributed by atoms with van der Waals surface area (Å²) in [6, 6.07) is 48.2. The van der Waals surface area contributed by atoms with Crippen molar-refractivity contribution in [3.63, 3.8) is 0 Å². The van der Waals surface area contributed by atoms with E-state index in [1.54, 1.807) is 0 Å². The Morgan fingerprint density at radius 3 is 2.13 bits per heavy atom. The summed E-state index contributed by atoms with van der Waals surface area (Å²) in [5.41, 5.74) is 14.5. The molecule has 0 saturated heterocycles. The van der Waals surface area contributed by atoms with Crippen molar-refractivity contribution < 1.29 is 4.42 Å². The Labute approximate surface area is 324 Å². The first-order valence-electron chi connectivity index (χ1n) is 19.5. The number of furan rings is 1. The average molecular weight is 727 g/mol. The highest BCUT2D eigenvalue weighted by atomic mass is 32.1. The number of rotatable bonds is 1. The van der Waals surface area contributed by atoms with Gasteiger partial charge in [0.25, 0.3) is 0 Å². The lowest BCUT2D eigenvalue weighted by molar-refractivity contribution is 0.590. The Bertz CT molecular complexity index is 3290. The van der Waals surface area contributed by atoms with Crippen LogP contribution in [0.4, 0.5) is 11.4 Å². The standard InChI is InChI=1S/C50H39BN2OS/c1-49(2,3)29-16-19-31(20-17-29)53-39-23-15-28-11-7-8-12-32(28)44(39)35-22-21-34-36-26-37-33-13-9-10-14-42(33)55-43(37)27-40(36)52-46(34)45(35)51(53)48-47(52)38-25-30(50(4,5)6)18-24-41(38)54-48/h7-27H,1-6H3. The van der Waals surface area contributed by atoms with E-state index in [9.17, 15) is 0 Å². The van der Waals surface area contributed by atoms with Crippen LogP contribution in [0.2, 0.25) is 0 Å². The molecule has 5 heteroatoms. The zero-order chi connectivity index (χ0) is 37.1. The van der Waals surface area contributed by atoms with Gasteiger partial charge in [0, 0.05) is 53.3 Å². The first-order chi connectivity index (χ1) is 26.5. The van der Waals surface area contributed by atoms with E-state index in [4.69, 9.17) is 4.42 Å². The number of benzene rings is 7. The third-order valence-corrected chi connectivity index (χ3v) is 13.6. The van der Waals surface area contributed by atoms with Crippen molar-refractivity contribution in [2.75, 3.05) is 4.81 Å². The molecule has 3 aromatic heterocycles. The van der Waals surface area contributed by atoms with E-state index in [0.717, 1.165) is 22.6 Å². The first kappa shape index (κ1) is 31.6. The lowest BCUT2D eigenvalue weighted by atomic mass is 9.46. The minimum Gasteiger partial charge on any atom is -0.466 e. The van der Waals surface area contributed by atoms with E-state index in [-0.39, 0.29) is 17.7 Å². The fourth-order valence-electron chi connectivity index (χ4n) is 9.73. The van der Waals surface area contributed by atoms with Crippen molar-refractivity contribution in [2.24, 2.45) is 0 Å². The molecule has 0 spiro atoms. The maximum Gasteiger partial charge on any atom is 0.375 e. The summed E-state index contributed by atoms with van der Waals surface area (Å²) >= 11 is 1.89. The average Bonchev–Trinajstić information content (AvgIpc) is 3.84. The van der Waals surface area contributed by atoms with Gasteiger partial charge in [0.1, 0.15) is 11.2 Å². The van der Waals surface area contributed by atoms with E-state index in [1.807, 2.05) is 11.3 Å². The highest BCUT2D eigenvalue weighted by Crippen LogP contribution is 2.50. The van der Waals surface area contributed by atoms with Gasteiger partial charge in [0.15, 0.2) is 0 Å². The van der Waals surface area contributed by atoms with Crippen LogP contribution in [-0.4, -0.2) is 11.4 Å². The molecule has 0 amide bonds. The molecule has 3 nitrogen and oxygen atoms in total. The zero-order valence-corrected chi connectivity index (χ0v) is 32.7. The number of hydrogen-bond acceptors (Lipinski definition) is 3. The lowest BCUT2D eigenvalue weighted by Crippen LogP contribution is -2.60. The molecule has 0 atom stereocenters. The van der Waals surface area contributed by atoms with E-state index in [1.165, 1.54) is 91.5 Å². The van der Waals surface area contributed by atoms with Crippen LogP contribution >= 0.6 is 11.3 Å². The molecule has 0 bridgehead atoms. The van der Waals surface area contributed by atoms with Gasteiger partial charge in [-0.3, -0.25) is 0 Å². The molecular weight excluding hydrogens is 687 g/mol. The van der Waals surface area contributed by atoms with Crippen molar-refractivity contribution >= 4 is 104 Å². The Morgan fingerprint density at radius 2 is 1.33 bits per heavy atom. The third kappa shape index (κ3) is 4.17. The van der Waals surface area contributed by atoms with Crippen molar-refractivity contribution in [2.45, 2.75) is 52.4 Å². The third-order valence-electron chi connectivity index (χ3n) is 12.5. The molecule has 10 aromatic rings. The molecule has 7 aromatic carbocycles. The van der Waals surface area contributed by atoms with Gasteiger partial charge in [0.2, 0.25) is 0 Å². The number of anilines is 2. The lowest BCUT2D eigenvalue weighted by Gasteiger charge is -2.40. The molecule has 0 fully saturated rings. The van der Waals surface area contributed by atoms with Gasteiger partial charge in [-0.1, -0.05) is 120 Å². The Balaban J connectivity index is 1.28. The van der Waals surface area contributed by atoms with Crippen molar-refractivity contribution in [1.82, 2.24) is 4.57 Å². The summed E-state index contributed by atoms with van der Waals surface area (Å²) in [6.07, 6.45) is 0. The summed E-state index contributed by atoms with van der Waals surface area (Å²) in [4.78, 5) is 2.58. The van der Waals surface area contributed by atoms with Crippen LogP contribution in [0.25, 0.3) is 80.5 Å². The maximum atomic E-state index is 7.26. The number of hydrogen-bond donors (Lipinski definition) is 0. The fraction of sp³-hybridized carbons (Fsp3) is 0.160. The highest BCUT2D eigenvalue weighted by molar-refractivity contribution is 7.25. The molecule has 55 heavy (non-hydrogen) atoms. The predicted molar refractivity (Wildman–Crippen MR) is 237 cm³/mol. The number of aromatic nitrogens is 1. The number of nitrogens with zero attached hydrogens (tertiary/aromatic N) is 2. The molecule has 0 aliphatic carbocycles. The van der Waals surface area contributed by atoms with Gasteiger partial charge in [-0.25, -0.2) is 0 Å². The second-order valence-corrected chi connectivity index (χ2v) is 18.8. The molecule has 0 saturated carbocycles. The molecule has 264 valence electrons. The molecule has 0 N–H and O–H groups in total. The summed E-state index contributed by atoms with van der Waals surface area (Å²) in [7, 11) is 0. The molecule has 2 aliphatic rings. The molecule has 0 unspecified atom stereocenters. The van der Waals surface area contributed by atoms with E-state index < -0.39 is 0 Å². The van der Waals surface area contributed by atoms with E-state index in [0.29, 0.717) is 0 Å². The van der Waals surface area contributed by atoms with E-state index in [2.05, 4.69) is 178 Å². The monoisotopic (exact) mass is 726 g/mol. The second kappa shape index (κ2) is 10.5. The number of fused-ring (bicyclic) bond motifs is 15. The van der Waals surface area contributed by atoms with Crippen LogP contribution in [0, 0.1) is 0 Å². The van der Waals surface area contributed by atoms with Gasteiger partial charge < -0.3 is 13.8 Å². The van der Waals surface area contributed by atoms with Crippen LogP contribution in [-0.2, 0) is 10.8 Å². The predicted octanol–water partition coefficient (Wildman–Crippen LogP) is 12.9. The highest BCUT2D eigenvalue weighted by Gasteiger charge is 2.47. The van der Waals surface area contributed by atoms with Crippen molar-refractivity contribution in [1.29, 1.82) is 0 Å². The molecule has 5 heterocycles. The van der Waals surface area contributed by atoms with Gasteiger partial charge in [-0.05, 0) is 92.3 Å². The van der Waals surface area contributed by atoms with Gasteiger partial charge in [0.05, 0.1) is 16.7 Å². The second-order valence-electron chi connectivity index (χ2n) is 17.7. The quantitative estimate of drug-likeness (QED) is 0.157. The topological polar surface area (TPSA) is 21.3 Å². The molecule has 0 radical (unpaired) electrons. The Morgan fingerprint density at radius 1 is 0.582 bits per heavy atom. The van der Waals surface area contributed by atoms with Crippen molar-refractivity contribution in [3.05, 3.63) is 139 Å². The van der Waals surface area contributed by atoms with Crippen LogP contribution in [0.3, 0.4) is 0 Å². The largest absolute Gasteiger partial charge is 0.466 e. The van der Waals surface area contributed by atoms with E-state index >= 15 is 0 Å². The van der Waals surface area contributed by atoms with Crippen LogP contribution in [0.15, 0.2) is 132 Å². The summed E-state index contributed by atoms with van der Waals surface area (Å²) < 4.78 is 12.5. The fourth-order valence-corrected chi connectivity index (χ4v) is 10.9. The van der Waals surface area contributed by atoms with Crippen molar-refractivity contribution in [3.8, 4) is 16.8 Å².